The van der Waals surface area contributed by atoms with Gasteiger partial charge >= 0.3 is 103 Å². The fraction of sp³-hybridized carbons (Fsp3) is 1.00. The van der Waals surface area contributed by atoms with E-state index in [2.05, 4.69) is 6.92 Å². The van der Waals surface area contributed by atoms with Crippen LogP contribution >= 0.6 is 0 Å². The van der Waals surface area contributed by atoms with Crippen molar-refractivity contribution in [1.29, 1.82) is 0 Å². The van der Waals surface area contributed by atoms with E-state index in [9.17, 15) is 8.42 Å². The molecule has 0 atom stereocenters. The smallest absolute Gasteiger partial charge is 1.00 e. The summed E-state index contributed by atoms with van der Waals surface area (Å²) in [6.07, 6.45) is 6.14. The molecule has 0 rings (SSSR count). The number of unbranched alkanes of at least 4 members (excludes halogenated alkanes) is 5. The first-order valence-electron chi connectivity index (χ1n) is 4.51. The van der Waals surface area contributed by atoms with Crippen LogP contribution in [-0.4, -0.2) is 18.7 Å². The van der Waals surface area contributed by atoms with Gasteiger partial charge in [0.2, 0.25) is 0 Å². The van der Waals surface area contributed by atoms with Crippen LogP contribution in [0.5, 0.6) is 0 Å². The van der Waals surface area contributed by atoms with Gasteiger partial charge < -0.3 is 2.85 Å². The molecule has 0 amide bonds. The second-order valence-electron chi connectivity index (χ2n) is 3.05. The van der Waals surface area contributed by atoms with Crippen molar-refractivity contribution in [3.63, 3.8) is 0 Å². The summed E-state index contributed by atoms with van der Waals surface area (Å²) in [7, 11) is -3.72. The van der Waals surface area contributed by atoms with Crippen LogP contribution < -0.4 is 103 Å². The SMILES string of the molecule is CCCCCCCCS(=O)(=O)O.[H-].[H-].[K+].[K+]. The van der Waals surface area contributed by atoms with E-state index < -0.39 is 10.1 Å². The van der Waals surface area contributed by atoms with E-state index in [0.29, 0.717) is 6.42 Å². The van der Waals surface area contributed by atoms with Gasteiger partial charge in [-0.3, -0.25) is 4.55 Å². The van der Waals surface area contributed by atoms with E-state index in [1.807, 2.05) is 0 Å². The van der Waals surface area contributed by atoms with E-state index >= 15 is 0 Å². The molecule has 0 aliphatic carbocycles. The third-order valence-corrected chi connectivity index (χ3v) is 2.56. The van der Waals surface area contributed by atoms with Gasteiger partial charge in [0.05, 0.1) is 5.75 Å². The summed E-state index contributed by atoms with van der Waals surface area (Å²) < 4.78 is 28.9. The molecule has 3 nitrogen and oxygen atoms in total. The van der Waals surface area contributed by atoms with E-state index in [1.54, 1.807) is 0 Å². The van der Waals surface area contributed by atoms with Crippen LogP contribution in [0.1, 0.15) is 48.3 Å². The van der Waals surface area contributed by atoms with Gasteiger partial charge in [-0.25, -0.2) is 0 Å². The Kier molecular flexibility index (Phi) is 22.8. The molecule has 0 aliphatic rings. The first-order chi connectivity index (χ1) is 5.56. The molecular weight excluding hydrogens is 254 g/mol. The summed E-state index contributed by atoms with van der Waals surface area (Å²) in [5.74, 6) is -0.0842. The maximum atomic E-state index is 10.3. The monoisotopic (exact) mass is 274 g/mol. The van der Waals surface area contributed by atoms with Crippen molar-refractivity contribution in [2.45, 2.75) is 45.4 Å². The molecule has 0 aromatic rings. The summed E-state index contributed by atoms with van der Waals surface area (Å²) in [6.45, 7) is 2.14. The quantitative estimate of drug-likeness (QED) is 0.297. The Hall–Kier alpha value is 3.18. The Labute approximate surface area is 176 Å². The minimum Gasteiger partial charge on any atom is -1.00 e. The van der Waals surface area contributed by atoms with Crippen molar-refractivity contribution in [3.8, 4) is 0 Å². The number of hydrogen-bond acceptors (Lipinski definition) is 2. The minimum absolute atomic E-state index is 0. The van der Waals surface area contributed by atoms with E-state index in [1.165, 1.54) is 19.3 Å². The third-order valence-electron chi connectivity index (χ3n) is 1.76. The largest absolute Gasteiger partial charge is 1.00 e. The zero-order chi connectivity index (χ0) is 9.45. The second-order valence-corrected chi connectivity index (χ2v) is 4.63. The first kappa shape index (κ1) is 22.4. The molecule has 0 aromatic heterocycles. The topological polar surface area (TPSA) is 54.4 Å². The van der Waals surface area contributed by atoms with Gasteiger partial charge in [-0.1, -0.05) is 39.0 Å². The molecule has 14 heavy (non-hydrogen) atoms. The molecule has 0 heterocycles. The van der Waals surface area contributed by atoms with Crippen LogP contribution in [0.15, 0.2) is 0 Å². The average Bonchev–Trinajstić information content (AvgIpc) is 1.94. The summed E-state index contributed by atoms with van der Waals surface area (Å²) >= 11 is 0. The fourth-order valence-electron chi connectivity index (χ4n) is 1.06. The molecule has 78 valence electrons. The molecule has 0 saturated carbocycles. The van der Waals surface area contributed by atoms with Gasteiger partial charge in [0, 0.05) is 0 Å². The first-order valence-corrected chi connectivity index (χ1v) is 6.12. The van der Waals surface area contributed by atoms with Crippen LogP contribution in [0.4, 0.5) is 0 Å². The van der Waals surface area contributed by atoms with Gasteiger partial charge in [-0.05, 0) is 6.42 Å². The fourth-order valence-corrected chi connectivity index (χ4v) is 1.63. The van der Waals surface area contributed by atoms with Gasteiger partial charge in [-0.15, -0.1) is 0 Å². The van der Waals surface area contributed by atoms with Gasteiger partial charge in [0.15, 0.2) is 0 Å². The zero-order valence-corrected chi connectivity index (χ0v) is 16.7. The zero-order valence-electron chi connectivity index (χ0n) is 11.6. The molecule has 0 unspecified atom stereocenters. The molecule has 0 saturated heterocycles. The van der Waals surface area contributed by atoms with E-state index in [4.69, 9.17) is 4.55 Å². The summed E-state index contributed by atoms with van der Waals surface area (Å²) in [5, 5.41) is 0. The average molecular weight is 275 g/mol. The predicted molar refractivity (Wildman–Crippen MR) is 52.0 cm³/mol. The van der Waals surface area contributed by atoms with Crippen LogP contribution in [-0.2, 0) is 10.1 Å². The minimum atomic E-state index is -3.72. The van der Waals surface area contributed by atoms with Crippen molar-refractivity contribution in [2.75, 3.05) is 5.75 Å². The molecule has 0 aliphatic heterocycles. The van der Waals surface area contributed by atoms with Crippen molar-refractivity contribution >= 4 is 10.1 Å². The molecule has 0 bridgehead atoms. The summed E-state index contributed by atoms with van der Waals surface area (Å²) in [4.78, 5) is 0. The second kappa shape index (κ2) is 14.2. The van der Waals surface area contributed by atoms with Crippen LogP contribution in [0, 0.1) is 0 Å². The Balaban J connectivity index is -0.000000101. The molecular formula is C8H20K2O3S. The van der Waals surface area contributed by atoms with Crippen molar-refractivity contribution in [3.05, 3.63) is 0 Å². The normalized spacial score (nSPS) is 10.1. The molecule has 1 N–H and O–H groups in total. The van der Waals surface area contributed by atoms with Crippen LogP contribution in [0.3, 0.4) is 0 Å². The van der Waals surface area contributed by atoms with Crippen molar-refractivity contribution in [2.24, 2.45) is 0 Å². The third kappa shape index (κ3) is 20.6. The molecule has 0 spiro atoms. The summed E-state index contributed by atoms with van der Waals surface area (Å²) in [5.41, 5.74) is 0. The van der Waals surface area contributed by atoms with E-state index in [-0.39, 0.29) is 111 Å². The number of hydrogen-bond donors (Lipinski definition) is 1. The van der Waals surface area contributed by atoms with Gasteiger partial charge in [0.25, 0.3) is 10.1 Å². The molecule has 0 fully saturated rings. The Morgan fingerprint density at radius 2 is 1.43 bits per heavy atom. The molecule has 6 heteroatoms. The standard InChI is InChI=1S/C8H18O3S.2K.2H/c1-2-3-4-5-6-7-8-12(9,10)11;;;;/h2-8H2,1H3,(H,9,10,11);;;;/q;2*+1;2*-1. The molecule has 0 aromatic carbocycles. The van der Waals surface area contributed by atoms with Crippen LogP contribution in [0.2, 0.25) is 0 Å². The maximum Gasteiger partial charge on any atom is 1.00 e. The predicted octanol–water partition coefficient (Wildman–Crippen LogP) is -3.53. The Morgan fingerprint density at radius 1 is 1.00 bits per heavy atom. The van der Waals surface area contributed by atoms with Gasteiger partial charge in [0.1, 0.15) is 0 Å². The number of rotatable bonds is 7. The Bertz CT molecular complexity index is 201. The van der Waals surface area contributed by atoms with Crippen LogP contribution in [0.25, 0.3) is 0 Å². The molecule has 0 radical (unpaired) electrons. The van der Waals surface area contributed by atoms with E-state index in [0.717, 1.165) is 12.8 Å². The maximum absolute atomic E-state index is 10.3. The summed E-state index contributed by atoms with van der Waals surface area (Å²) in [6, 6.07) is 0. The Morgan fingerprint density at radius 3 is 1.86 bits per heavy atom. The van der Waals surface area contributed by atoms with Gasteiger partial charge in [-0.2, -0.15) is 8.42 Å². The van der Waals surface area contributed by atoms with Crippen molar-refractivity contribution < 1.29 is 119 Å². The van der Waals surface area contributed by atoms with Crippen molar-refractivity contribution in [1.82, 2.24) is 0 Å².